The molecule has 5 heteroatoms. The minimum atomic E-state index is -2.35. The highest BCUT2D eigenvalue weighted by Gasteiger charge is 2.36. The summed E-state index contributed by atoms with van der Waals surface area (Å²) >= 11 is 0. The molecule has 0 aromatic heterocycles. The summed E-state index contributed by atoms with van der Waals surface area (Å²) in [4.78, 5) is 0. The van der Waals surface area contributed by atoms with E-state index in [9.17, 15) is 0 Å². The molecule has 0 bridgehead atoms. The first kappa shape index (κ1) is 16.1. The van der Waals surface area contributed by atoms with Crippen LogP contribution in [0.4, 0.5) is 0 Å². The SMILES string of the molecule is CCOC(C)CCCC[Si](OC)(OC)OC. The third-order valence-corrected chi connectivity index (χ3v) is 5.56. The van der Waals surface area contributed by atoms with E-state index in [2.05, 4.69) is 6.92 Å². The topological polar surface area (TPSA) is 36.9 Å². The van der Waals surface area contributed by atoms with Crippen molar-refractivity contribution in [1.82, 2.24) is 0 Å². The van der Waals surface area contributed by atoms with E-state index in [1.54, 1.807) is 21.3 Å². The Hall–Kier alpha value is 0.0569. The van der Waals surface area contributed by atoms with Crippen LogP contribution < -0.4 is 0 Å². The van der Waals surface area contributed by atoms with Crippen LogP contribution in [0.3, 0.4) is 0 Å². The highest BCUT2D eigenvalue weighted by atomic mass is 28.4. The molecule has 0 aliphatic carbocycles. The molecular weight excluding hydrogens is 224 g/mol. The van der Waals surface area contributed by atoms with E-state index in [1.165, 1.54) is 0 Å². The van der Waals surface area contributed by atoms with E-state index in [4.69, 9.17) is 18.0 Å². The van der Waals surface area contributed by atoms with Crippen LogP contribution in [0.15, 0.2) is 0 Å². The highest BCUT2D eigenvalue weighted by Crippen LogP contribution is 2.17. The van der Waals surface area contributed by atoms with Gasteiger partial charge in [-0.2, -0.15) is 0 Å². The monoisotopic (exact) mass is 250 g/mol. The fraction of sp³-hybridized carbons (Fsp3) is 1.00. The standard InChI is InChI=1S/C11H26O4Si/c1-6-15-11(2)9-7-8-10-16(12-3,13-4)14-5/h11H,6-10H2,1-5H3. The van der Waals surface area contributed by atoms with Gasteiger partial charge in [0.15, 0.2) is 0 Å². The van der Waals surface area contributed by atoms with Gasteiger partial charge in [0.25, 0.3) is 0 Å². The summed E-state index contributed by atoms with van der Waals surface area (Å²) < 4.78 is 21.5. The smallest absolute Gasteiger partial charge is 0.379 e. The Bertz CT molecular complexity index is 154. The van der Waals surface area contributed by atoms with Gasteiger partial charge in [-0.15, -0.1) is 0 Å². The molecule has 0 rings (SSSR count). The van der Waals surface area contributed by atoms with Crippen molar-refractivity contribution in [1.29, 1.82) is 0 Å². The molecule has 0 N–H and O–H groups in total. The molecule has 0 aliphatic rings. The van der Waals surface area contributed by atoms with Gasteiger partial charge in [-0.1, -0.05) is 6.42 Å². The summed E-state index contributed by atoms with van der Waals surface area (Å²) in [6, 6.07) is 0.870. The van der Waals surface area contributed by atoms with Gasteiger partial charge in [-0.25, -0.2) is 0 Å². The zero-order valence-corrected chi connectivity index (χ0v) is 12.2. The maximum atomic E-state index is 5.47. The molecule has 0 amide bonds. The zero-order chi connectivity index (χ0) is 12.4. The summed E-state index contributed by atoms with van der Waals surface area (Å²) in [7, 11) is 2.62. The van der Waals surface area contributed by atoms with E-state index < -0.39 is 8.80 Å². The van der Waals surface area contributed by atoms with Crippen LogP contribution in [0.2, 0.25) is 6.04 Å². The number of rotatable bonds is 10. The van der Waals surface area contributed by atoms with Gasteiger partial charge in [-0.05, 0) is 26.7 Å². The van der Waals surface area contributed by atoms with Crippen LogP contribution in [0.5, 0.6) is 0 Å². The van der Waals surface area contributed by atoms with E-state index in [-0.39, 0.29) is 0 Å². The fourth-order valence-corrected chi connectivity index (χ4v) is 3.49. The Morgan fingerprint density at radius 1 is 1.00 bits per heavy atom. The van der Waals surface area contributed by atoms with Crippen molar-refractivity contribution < 1.29 is 18.0 Å². The molecule has 0 heterocycles. The van der Waals surface area contributed by atoms with Crippen molar-refractivity contribution in [2.24, 2.45) is 0 Å². The molecule has 4 nitrogen and oxygen atoms in total. The molecule has 0 spiro atoms. The number of hydrogen-bond donors (Lipinski definition) is 0. The van der Waals surface area contributed by atoms with Crippen molar-refractivity contribution in [3.05, 3.63) is 0 Å². The van der Waals surface area contributed by atoms with E-state index in [0.29, 0.717) is 6.10 Å². The lowest BCUT2D eigenvalue weighted by molar-refractivity contribution is 0.0679. The second kappa shape index (κ2) is 9.12. The van der Waals surface area contributed by atoms with Gasteiger partial charge < -0.3 is 18.0 Å². The molecule has 98 valence electrons. The summed E-state index contributed by atoms with van der Waals surface area (Å²) in [5.74, 6) is 0. The minimum absolute atomic E-state index is 0.341. The van der Waals surface area contributed by atoms with E-state index in [0.717, 1.165) is 31.9 Å². The maximum absolute atomic E-state index is 5.47. The normalized spacial score (nSPS) is 14.1. The van der Waals surface area contributed by atoms with Crippen LogP contribution >= 0.6 is 0 Å². The highest BCUT2D eigenvalue weighted by molar-refractivity contribution is 6.60. The number of unbranched alkanes of at least 4 members (excludes halogenated alkanes) is 1. The Kier molecular flexibility index (Phi) is 9.16. The first-order valence-electron chi connectivity index (χ1n) is 5.91. The maximum Gasteiger partial charge on any atom is 0.500 e. The molecule has 1 unspecified atom stereocenters. The first-order valence-corrected chi connectivity index (χ1v) is 7.84. The summed E-state index contributed by atoms with van der Waals surface area (Å²) in [5, 5.41) is 0. The molecule has 0 radical (unpaired) electrons. The van der Waals surface area contributed by atoms with Gasteiger partial charge in [0.1, 0.15) is 0 Å². The summed E-state index contributed by atoms with van der Waals surface area (Å²) in [5.41, 5.74) is 0. The quantitative estimate of drug-likeness (QED) is 0.441. The lowest BCUT2D eigenvalue weighted by atomic mass is 10.2. The molecule has 16 heavy (non-hydrogen) atoms. The van der Waals surface area contributed by atoms with Crippen molar-refractivity contribution in [3.63, 3.8) is 0 Å². The van der Waals surface area contributed by atoms with Crippen LogP contribution in [0.1, 0.15) is 33.1 Å². The first-order chi connectivity index (χ1) is 7.64. The van der Waals surface area contributed by atoms with Gasteiger partial charge in [-0.3, -0.25) is 0 Å². The second-order valence-corrected chi connectivity index (χ2v) is 6.90. The average Bonchev–Trinajstić information content (AvgIpc) is 2.31. The Morgan fingerprint density at radius 3 is 2.00 bits per heavy atom. The van der Waals surface area contributed by atoms with Gasteiger partial charge in [0.05, 0.1) is 6.10 Å². The second-order valence-electron chi connectivity index (χ2n) is 3.81. The van der Waals surface area contributed by atoms with E-state index >= 15 is 0 Å². The molecular formula is C11H26O4Si. The number of ether oxygens (including phenoxy) is 1. The van der Waals surface area contributed by atoms with E-state index in [1.807, 2.05) is 6.92 Å². The van der Waals surface area contributed by atoms with Gasteiger partial charge in [0, 0.05) is 34.0 Å². The minimum Gasteiger partial charge on any atom is -0.379 e. The van der Waals surface area contributed by atoms with Crippen LogP contribution in [0, 0.1) is 0 Å². The Balaban J connectivity index is 3.70. The fourth-order valence-electron chi connectivity index (χ4n) is 1.70. The lowest BCUT2D eigenvalue weighted by Crippen LogP contribution is -2.42. The average molecular weight is 250 g/mol. The largest absolute Gasteiger partial charge is 0.500 e. The zero-order valence-electron chi connectivity index (χ0n) is 11.2. The van der Waals surface area contributed by atoms with Crippen molar-refractivity contribution in [2.75, 3.05) is 27.9 Å². The van der Waals surface area contributed by atoms with Crippen LogP contribution in [0.25, 0.3) is 0 Å². The van der Waals surface area contributed by atoms with Crippen molar-refractivity contribution in [2.45, 2.75) is 45.3 Å². The third-order valence-electron chi connectivity index (χ3n) is 2.73. The Morgan fingerprint density at radius 2 is 1.56 bits per heavy atom. The molecule has 0 saturated carbocycles. The molecule has 0 saturated heterocycles. The van der Waals surface area contributed by atoms with Crippen LogP contribution in [-0.4, -0.2) is 42.8 Å². The lowest BCUT2D eigenvalue weighted by Gasteiger charge is -2.24. The van der Waals surface area contributed by atoms with Gasteiger partial charge >= 0.3 is 8.80 Å². The summed E-state index contributed by atoms with van der Waals surface area (Å²) in [6.07, 6.45) is 3.59. The predicted octanol–water partition coefficient (Wildman–Crippen LogP) is 2.46. The molecule has 0 fully saturated rings. The summed E-state index contributed by atoms with van der Waals surface area (Å²) in [6.45, 7) is 4.92. The number of hydrogen-bond acceptors (Lipinski definition) is 4. The molecule has 0 aliphatic heterocycles. The molecule has 0 aromatic carbocycles. The molecule has 0 aromatic rings. The van der Waals surface area contributed by atoms with Gasteiger partial charge in [0.2, 0.25) is 0 Å². The predicted molar refractivity (Wildman–Crippen MR) is 66.5 cm³/mol. The van der Waals surface area contributed by atoms with Crippen LogP contribution in [-0.2, 0) is 18.0 Å². The molecule has 1 atom stereocenters. The van der Waals surface area contributed by atoms with Crippen molar-refractivity contribution in [3.8, 4) is 0 Å². The third kappa shape index (κ3) is 5.96. The Labute approximate surface area is 101 Å². The van der Waals surface area contributed by atoms with Crippen molar-refractivity contribution >= 4 is 8.80 Å².